The summed E-state index contributed by atoms with van der Waals surface area (Å²) in [5, 5.41) is 3.19. The van der Waals surface area contributed by atoms with Crippen molar-refractivity contribution in [3.8, 4) is 0 Å². The van der Waals surface area contributed by atoms with Crippen LogP contribution in [0.15, 0.2) is 18.2 Å². The van der Waals surface area contributed by atoms with Crippen molar-refractivity contribution < 1.29 is 13.2 Å². The molecule has 0 aromatic heterocycles. The summed E-state index contributed by atoms with van der Waals surface area (Å²) in [6.07, 6.45) is 6.44. The van der Waals surface area contributed by atoms with Gasteiger partial charge in [0.2, 0.25) is 10.0 Å². The first-order valence-corrected chi connectivity index (χ1v) is 11.0. The molecule has 1 saturated heterocycles. The summed E-state index contributed by atoms with van der Waals surface area (Å²) in [5.74, 6) is 1.52. The Morgan fingerprint density at radius 3 is 2.72 bits per heavy atom. The first-order valence-electron chi connectivity index (χ1n) is 9.36. The molecule has 0 unspecified atom stereocenters. The van der Waals surface area contributed by atoms with Crippen LogP contribution in [0.1, 0.15) is 54.4 Å². The van der Waals surface area contributed by atoms with Crippen LogP contribution in [0, 0.1) is 18.8 Å². The average molecular weight is 362 g/mol. The second-order valence-electron chi connectivity index (χ2n) is 7.85. The SMILES string of the molecule is Cc1ccc(C(=O)N[C@@H]2C[C@@H]3CC[C@@H]2C3)cc1N1CCCCS1(=O)=O. The van der Waals surface area contributed by atoms with Gasteiger partial charge in [-0.3, -0.25) is 9.10 Å². The first-order chi connectivity index (χ1) is 11.9. The maximum Gasteiger partial charge on any atom is 0.251 e. The van der Waals surface area contributed by atoms with Gasteiger partial charge >= 0.3 is 0 Å². The van der Waals surface area contributed by atoms with Crippen LogP contribution in [0.25, 0.3) is 0 Å². The molecule has 1 aromatic rings. The fourth-order valence-electron chi connectivity index (χ4n) is 4.75. The maximum atomic E-state index is 12.7. The van der Waals surface area contributed by atoms with Crippen molar-refractivity contribution in [3.63, 3.8) is 0 Å². The Hall–Kier alpha value is -1.56. The number of aryl methyl sites for hydroxylation is 1. The van der Waals surface area contributed by atoms with Crippen LogP contribution < -0.4 is 9.62 Å². The lowest BCUT2D eigenvalue weighted by Gasteiger charge is -2.30. The van der Waals surface area contributed by atoms with Crippen molar-refractivity contribution in [1.82, 2.24) is 5.32 Å². The van der Waals surface area contributed by atoms with Gasteiger partial charge in [-0.15, -0.1) is 0 Å². The van der Waals surface area contributed by atoms with Crippen LogP contribution in [0.5, 0.6) is 0 Å². The van der Waals surface area contributed by atoms with Gasteiger partial charge in [-0.25, -0.2) is 8.42 Å². The molecule has 1 heterocycles. The van der Waals surface area contributed by atoms with Crippen molar-refractivity contribution >= 4 is 21.6 Å². The molecular weight excluding hydrogens is 336 g/mol. The number of nitrogens with one attached hydrogen (secondary N) is 1. The highest BCUT2D eigenvalue weighted by atomic mass is 32.2. The van der Waals surface area contributed by atoms with Crippen molar-refractivity contribution in [2.45, 2.75) is 51.5 Å². The molecule has 2 aliphatic carbocycles. The van der Waals surface area contributed by atoms with E-state index in [0.29, 0.717) is 30.1 Å². The molecule has 25 heavy (non-hydrogen) atoms. The summed E-state index contributed by atoms with van der Waals surface area (Å²) in [5.41, 5.74) is 2.10. The zero-order valence-corrected chi connectivity index (χ0v) is 15.5. The number of nitrogens with zero attached hydrogens (tertiary/aromatic N) is 1. The Balaban J connectivity index is 1.55. The molecular formula is C19H26N2O3S. The zero-order chi connectivity index (χ0) is 17.6. The largest absolute Gasteiger partial charge is 0.349 e. The molecule has 0 spiro atoms. The number of anilines is 1. The highest BCUT2D eigenvalue weighted by molar-refractivity contribution is 7.92. The van der Waals surface area contributed by atoms with Crippen LogP contribution in [0.3, 0.4) is 0 Å². The fraction of sp³-hybridized carbons (Fsp3) is 0.632. The molecule has 2 saturated carbocycles. The summed E-state index contributed by atoms with van der Waals surface area (Å²) in [7, 11) is -3.27. The van der Waals surface area contributed by atoms with E-state index < -0.39 is 10.0 Å². The van der Waals surface area contributed by atoms with E-state index >= 15 is 0 Å². The number of sulfonamides is 1. The summed E-state index contributed by atoms with van der Waals surface area (Å²) < 4.78 is 26.3. The maximum absolute atomic E-state index is 12.7. The summed E-state index contributed by atoms with van der Waals surface area (Å²) in [6, 6.07) is 5.70. The van der Waals surface area contributed by atoms with Crippen LogP contribution in [-0.4, -0.2) is 32.7 Å². The molecule has 2 bridgehead atoms. The molecule has 1 aromatic carbocycles. The number of amides is 1. The predicted molar refractivity (Wildman–Crippen MR) is 98.2 cm³/mol. The third kappa shape index (κ3) is 3.16. The van der Waals surface area contributed by atoms with E-state index in [1.54, 1.807) is 12.1 Å². The molecule has 0 radical (unpaired) electrons. The Morgan fingerprint density at radius 1 is 1.20 bits per heavy atom. The normalized spacial score (nSPS) is 30.4. The van der Waals surface area contributed by atoms with Crippen molar-refractivity contribution in [3.05, 3.63) is 29.3 Å². The minimum absolute atomic E-state index is 0.0757. The number of hydrogen-bond donors (Lipinski definition) is 1. The minimum Gasteiger partial charge on any atom is -0.349 e. The second-order valence-corrected chi connectivity index (χ2v) is 9.86. The molecule has 3 fully saturated rings. The highest BCUT2D eigenvalue weighted by Gasteiger charge is 2.40. The van der Waals surface area contributed by atoms with Gasteiger partial charge in [0.1, 0.15) is 0 Å². The van der Waals surface area contributed by atoms with Crippen molar-refractivity contribution in [2.24, 2.45) is 11.8 Å². The van der Waals surface area contributed by atoms with Crippen LogP contribution in [0.4, 0.5) is 5.69 Å². The predicted octanol–water partition coefficient (Wildman–Crippen LogP) is 2.84. The van der Waals surface area contributed by atoms with Gasteiger partial charge in [-0.2, -0.15) is 0 Å². The molecule has 4 rings (SSSR count). The molecule has 1 amide bonds. The number of hydrogen-bond acceptors (Lipinski definition) is 3. The highest BCUT2D eigenvalue weighted by Crippen LogP contribution is 2.44. The fourth-order valence-corrected chi connectivity index (χ4v) is 6.44. The Morgan fingerprint density at radius 2 is 2.04 bits per heavy atom. The van der Waals surface area contributed by atoms with Crippen LogP contribution in [-0.2, 0) is 10.0 Å². The molecule has 1 aliphatic heterocycles. The van der Waals surface area contributed by atoms with Gasteiger partial charge in [0.05, 0.1) is 11.4 Å². The van der Waals surface area contributed by atoms with Gasteiger partial charge in [0.25, 0.3) is 5.91 Å². The van der Waals surface area contributed by atoms with Crippen LogP contribution in [0.2, 0.25) is 0 Å². The number of carbonyl (C=O) groups excluding carboxylic acids is 1. The lowest BCUT2D eigenvalue weighted by atomic mass is 9.95. The Kier molecular flexibility index (Phi) is 4.26. The van der Waals surface area contributed by atoms with E-state index in [-0.39, 0.29) is 17.7 Å². The second kappa shape index (κ2) is 6.31. The van der Waals surface area contributed by atoms with E-state index in [9.17, 15) is 13.2 Å². The molecule has 6 heteroatoms. The minimum atomic E-state index is -3.27. The van der Waals surface area contributed by atoms with Gasteiger partial charge in [0, 0.05) is 18.2 Å². The summed E-state index contributed by atoms with van der Waals surface area (Å²) in [6.45, 7) is 2.40. The van der Waals surface area contributed by atoms with Gasteiger partial charge in [-0.1, -0.05) is 12.5 Å². The number of fused-ring (bicyclic) bond motifs is 2. The average Bonchev–Trinajstić information content (AvgIpc) is 3.18. The number of rotatable bonds is 3. The van der Waals surface area contributed by atoms with E-state index in [1.165, 1.54) is 23.6 Å². The monoisotopic (exact) mass is 362 g/mol. The quantitative estimate of drug-likeness (QED) is 0.899. The van der Waals surface area contributed by atoms with Gasteiger partial charge < -0.3 is 5.32 Å². The van der Waals surface area contributed by atoms with Crippen LogP contribution >= 0.6 is 0 Å². The lowest BCUT2D eigenvalue weighted by Crippen LogP contribution is -2.39. The Bertz CT molecular complexity index is 790. The van der Waals surface area contributed by atoms with Crippen molar-refractivity contribution in [2.75, 3.05) is 16.6 Å². The van der Waals surface area contributed by atoms with E-state index in [4.69, 9.17) is 0 Å². The number of benzene rings is 1. The van der Waals surface area contributed by atoms with E-state index in [0.717, 1.165) is 24.3 Å². The van der Waals surface area contributed by atoms with Gasteiger partial charge in [-0.05, 0) is 68.6 Å². The zero-order valence-electron chi connectivity index (χ0n) is 14.7. The van der Waals surface area contributed by atoms with E-state index in [2.05, 4.69) is 5.32 Å². The third-order valence-corrected chi connectivity index (χ3v) is 8.00. The molecule has 1 N–H and O–H groups in total. The smallest absolute Gasteiger partial charge is 0.251 e. The molecule has 3 atom stereocenters. The Labute approximate surface area is 149 Å². The number of carbonyl (C=O) groups is 1. The summed E-state index contributed by atoms with van der Waals surface area (Å²) in [4.78, 5) is 12.7. The molecule has 136 valence electrons. The van der Waals surface area contributed by atoms with E-state index in [1.807, 2.05) is 13.0 Å². The topological polar surface area (TPSA) is 66.5 Å². The molecule has 3 aliphatic rings. The first kappa shape index (κ1) is 16.9. The van der Waals surface area contributed by atoms with Crippen molar-refractivity contribution in [1.29, 1.82) is 0 Å². The third-order valence-electron chi connectivity index (χ3n) is 6.14. The standard InChI is InChI=1S/C19H26N2O3S/c1-13-4-6-16(12-18(13)21-8-2-3-9-25(21,23)24)19(22)20-17-11-14-5-7-15(17)10-14/h4,6,12,14-15,17H,2-3,5,7-11H2,1H3,(H,20,22)/t14-,15-,17-/m1/s1. The lowest BCUT2D eigenvalue weighted by molar-refractivity contribution is 0.0923. The van der Waals surface area contributed by atoms with Gasteiger partial charge in [0.15, 0.2) is 0 Å². The summed E-state index contributed by atoms with van der Waals surface area (Å²) >= 11 is 0. The molecule has 5 nitrogen and oxygen atoms in total.